The van der Waals surface area contributed by atoms with Gasteiger partial charge in [0.05, 0.1) is 77.6 Å². The molecule has 0 amide bonds. The number of carbonyl (C=O) groups is 2. The first-order valence-electron chi connectivity index (χ1n) is 26.0. The van der Waals surface area contributed by atoms with Gasteiger partial charge in [-0.25, -0.2) is 0 Å². The second kappa shape index (κ2) is 24.9. The number of aliphatic hydroxyl groups excluding tert-OH is 8. The molecule has 0 aromatic heterocycles. The van der Waals surface area contributed by atoms with Crippen molar-refractivity contribution in [2.45, 2.75) is 241 Å². The molecule has 77 heavy (non-hydrogen) atoms. The Morgan fingerprint density at radius 2 is 1.17 bits per heavy atom. The first-order chi connectivity index (χ1) is 35.7. The maximum absolute atomic E-state index is 15.0. The van der Waals surface area contributed by atoms with Crippen molar-refractivity contribution in [2.75, 3.05) is 7.11 Å². The molecular formula is C52H76MgO24+2. The largest absolute Gasteiger partial charge is 2.00 e. The van der Waals surface area contributed by atoms with E-state index in [1.807, 2.05) is 0 Å². The summed E-state index contributed by atoms with van der Waals surface area (Å²) in [5, 5.41) is 120. The van der Waals surface area contributed by atoms with Crippen molar-refractivity contribution in [3.8, 4) is 17.2 Å². The zero-order valence-electron chi connectivity index (χ0n) is 44.7. The quantitative estimate of drug-likeness (QED) is 0.0989. The SMILES string of the molecule is CO[C@H](C(=O)[C@@H](O)[C@@H](C)O)[C@@H]1Cc2cc3cc(OC4CC(OC5CC(O)C(O)C(C)O5)C(O)C(C)O4)c(C)c(O)c3c(O)c2C(=O)[C@H]1OC1CC(OC2CC(OC3CC(C)(O)C(O)C(C)O3)C(O)C(C)O2)C(O)C(C)O1.[Mg+2]. The summed E-state index contributed by atoms with van der Waals surface area (Å²) >= 11 is 0. The van der Waals surface area contributed by atoms with Crippen molar-refractivity contribution in [1.29, 1.82) is 0 Å². The van der Waals surface area contributed by atoms with Gasteiger partial charge >= 0.3 is 23.1 Å². The van der Waals surface area contributed by atoms with Gasteiger partial charge in [0.1, 0.15) is 66.1 Å². The number of carbonyl (C=O) groups excluding carboxylic acids is 2. The summed E-state index contributed by atoms with van der Waals surface area (Å²) in [4.78, 5) is 28.9. The molecule has 20 unspecified atom stereocenters. The van der Waals surface area contributed by atoms with E-state index in [0.29, 0.717) is 0 Å². The minimum atomic E-state index is -1.95. The Bertz CT molecular complexity index is 2360. The van der Waals surface area contributed by atoms with E-state index in [2.05, 4.69) is 0 Å². The van der Waals surface area contributed by atoms with E-state index >= 15 is 4.79 Å². The number of hydrogen-bond acceptors (Lipinski definition) is 24. The van der Waals surface area contributed by atoms with E-state index in [1.165, 1.54) is 46.9 Å². The molecule has 24 nitrogen and oxygen atoms in total. The maximum Gasteiger partial charge on any atom is 2.00 e. The van der Waals surface area contributed by atoms with Crippen molar-refractivity contribution in [3.05, 3.63) is 28.8 Å². The third kappa shape index (κ3) is 12.9. The molecule has 2 aromatic rings. The van der Waals surface area contributed by atoms with Gasteiger partial charge in [-0.1, -0.05) is 0 Å². The molecule has 5 aliphatic heterocycles. The van der Waals surface area contributed by atoms with E-state index in [-0.39, 0.29) is 94.8 Å². The normalized spacial score (nSPS) is 41.9. The Morgan fingerprint density at radius 3 is 1.69 bits per heavy atom. The summed E-state index contributed by atoms with van der Waals surface area (Å²) in [7, 11) is 1.18. The number of ketones is 2. The van der Waals surface area contributed by atoms with Gasteiger partial charge in [-0.05, 0) is 84.9 Å². The second-order valence-corrected chi connectivity index (χ2v) is 21.7. The fourth-order valence-corrected chi connectivity index (χ4v) is 11.3. The van der Waals surface area contributed by atoms with Gasteiger partial charge in [-0.2, -0.15) is 0 Å². The Morgan fingerprint density at radius 1 is 0.688 bits per heavy atom. The van der Waals surface area contributed by atoms with Crippen LogP contribution in [0.15, 0.2) is 12.1 Å². The number of ether oxygens (including phenoxy) is 11. The van der Waals surface area contributed by atoms with Crippen LogP contribution in [0.1, 0.15) is 102 Å². The summed E-state index contributed by atoms with van der Waals surface area (Å²) in [6.07, 6.45) is -27.0. The molecule has 6 aliphatic rings. The molecule has 428 valence electrons. The molecule has 0 bridgehead atoms. The molecule has 0 radical (unpaired) electrons. The Hall–Kier alpha value is -2.55. The van der Waals surface area contributed by atoms with Crippen molar-refractivity contribution < 1.29 is 118 Å². The third-order valence-electron chi connectivity index (χ3n) is 15.9. The Labute approximate surface area is 461 Å². The minimum Gasteiger partial charge on any atom is -0.507 e. The molecule has 1 aliphatic carbocycles. The number of phenols is 2. The first-order valence-corrected chi connectivity index (χ1v) is 26.0. The number of methoxy groups -OCH3 is 1. The number of phenolic OH excluding ortho intramolecular Hbond substituents is 2. The van der Waals surface area contributed by atoms with Crippen LogP contribution in [0.25, 0.3) is 10.8 Å². The molecule has 25 atom stereocenters. The summed E-state index contributed by atoms with van der Waals surface area (Å²) < 4.78 is 66.5. The number of fused-ring (bicyclic) bond motifs is 2. The first kappa shape index (κ1) is 62.1. The molecule has 5 fully saturated rings. The van der Waals surface area contributed by atoms with Gasteiger partial charge < -0.3 is 108 Å². The van der Waals surface area contributed by atoms with Gasteiger partial charge in [0.15, 0.2) is 36.7 Å². The van der Waals surface area contributed by atoms with Crippen LogP contribution in [-0.4, -0.2) is 245 Å². The molecular weight excluding hydrogens is 1030 g/mol. The van der Waals surface area contributed by atoms with Crippen LogP contribution in [0.2, 0.25) is 0 Å². The van der Waals surface area contributed by atoms with E-state index in [9.17, 15) is 61.0 Å². The van der Waals surface area contributed by atoms with Gasteiger partial charge in [0, 0.05) is 50.7 Å². The number of Topliss-reactive ketones (excluding diaryl/α,β-unsaturated/α-hetero) is 2. The average Bonchev–Trinajstić information content (AvgIpc) is 3.38. The molecule has 8 rings (SSSR count). The maximum atomic E-state index is 15.0. The zero-order chi connectivity index (χ0) is 55.6. The van der Waals surface area contributed by atoms with E-state index in [0.717, 1.165) is 0 Å². The van der Waals surface area contributed by atoms with Crippen molar-refractivity contribution >= 4 is 45.4 Å². The van der Waals surface area contributed by atoms with Gasteiger partial charge in [-0.15, -0.1) is 0 Å². The zero-order valence-corrected chi connectivity index (χ0v) is 46.1. The van der Waals surface area contributed by atoms with E-state index in [4.69, 9.17) is 52.1 Å². The Kier molecular flexibility index (Phi) is 20.1. The van der Waals surface area contributed by atoms with Crippen molar-refractivity contribution in [2.24, 2.45) is 5.92 Å². The predicted molar refractivity (Wildman–Crippen MR) is 264 cm³/mol. The standard InChI is InChI=1S/C52H76O24.Mg/c1-18-29(72-34-14-30(43(58)21(4)68-34)73-33-13-28(54)42(57)20(3)67-33)12-26-10-25-11-27(49(66-9)48(63)41(56)19(2)53)50(47(62)39(25)46(61)38(26)40(18)55)76-36-16-31(44(59)23(6)70-36)74-35-15-32(45(60)22(5)69-35)75-37-17-52(8,65)51(64)24(7)71-37;/h10,12,19-24,27-28,30-37,41-45,49-51,53-61,64-65H,11,13-17H2,1-9H3;/q;+2/t19-,20?,21?,22?,23?,24?,27+,28?,30?,31?,32?,33?,34?,35?,36?,37?,41+,42?,43?,44?,45?,49+,50+,51?,52?;/m1./s1. The summed E-state index contributed by atoms with van der Waals surface area (Å²) in [6.45, 7) is 12.1. The van der Waals surface area contributed by atoms with Crippen molar-refractivity contribution in [3.63, 3.8) is 0 Å². The molecule has 5 saturated heterocycles. The number of benzene rings is 2. The monoisotopic (exact) mass is 1110 g/mol. The molecule has 11 N–H and O–H groups in total. The number of aliphatic hydroxyl groups is 9. The fourth-order valence-electron chi connectivity index (χ4n) is 11.3. The van der Waals surface area contributed by atoms with Crippen LogP contribution in [0.4, 0.5) is 0 Å². The number of rotatable bonds is 15. The molecule has 5 heterocycles. The second-order valence-electron chi connectivity index (χ2n) is 21.7. The van der Waals surface area contributed by atoms with Crippen LogP contribution in [0, 0.1) is 12.8 Å². The summed E-state index contributed by atoms with van der Waals surface area (Å²) in [5.74, 6) is -4.07. The number of hydrogen-bond donors (Lipinski definition) is 11. The fraction of sp³-hybridized carbons (Fsp3) is 0.769. The van der Waals surface area contributed by atoms with Crippen LogP contribution in [0.5, 0.6) is 17.2 Å². The van der Waals surface area contributed by atoms with E-state index < -0.39 is 176 Å². The van der Waals surface area contributed by atoms with E-state index in [1.54, 1.807) is 27.7 Å². The smallest absolute Gasteiger partial charge is 0.507 e. The predicted octanol–water partition coefficient (Wildman–Crippen LogP) is -0.630. The van der Waals surface area contributed by atoms with Gasteiger partial charge in [0.2, 0.25) is 6.29 Å². The molecule has 0 saturated carbocycles. The number of aromatic hydroxyl groups is 2. The van der Waals surface area contributed by atoms with Crippen LogP contribution in [-0.2, 0) is 58.6 Å². The third-order valence-corrected chi connectivity index (χ3v) is 15.9. The minimum absolute atomic E-state index is 0. The van der Waals surface area contributed by atoms with Crippen molar-refractivity contribution in [1.82, 2.24) is 0 Å². The molecule has 0 spiro atoms. The van der Waals surface area contributed by atoms with Crippen LogP contribution in [0.3, 0.4) is 0 Å². The van der Waals surface area contributed by atoms with Crippen LogP contribution < -0.4 is 4.74 Å². The van der Waals surface area contributed by atoms with Crippen LogP contribution >= 0.6 is 0 Å². The topological polar surface area (TPSA) is 358 Å². The Balaban J connectivity index is 0.00000861. The van der Waals surface area contributed by atoms with Gasteiger partial charge in [0.25, 0.3) is 0 Å². The summed E-state index contributed by atoms with van der Waals surface area (Å²) in [5.41, 5.74) is -1.47. The molecule has 25 heteroatoms. The molecule has 2 aromatic carbocycles. The summed E-state index contributed by atoms with van der Waals surface area (Å²) in [6, 6.07) is 3.03. The van der Waals surface area contributed by atoms with Gasteiger partial charge in [-0.3, -0.25) is 9.59 Å². The average molecular weight is 1110 g/mol.